The van der Waals surface area contributed by atoms with Crippen LogP contribution in [0.5, 0.6) is 23.0 Å². The maximum Gasteiger partial charge on any atom is 0.258 e. The van der Waals surface area contributed by atoms with E-state index in [2.05, 4.69) is 0 Å². The summed E-state index contributed by atoms with van der Waals surface area (Å²) in [5.74, 6) is -2.61. The zero-order valence-electron chi connectivity index (χ0n) is 19.1. The molecule has 10 nitrogen and oxygen atoms in total. The Bertz CT molecular complexity index is 1250. The number of hydrogen-bond donors (Lipinski definition) is 5. The monoisotopic (exact) mass is 472 g/mol. The van der Waals surface area contributed by atoms with E-state index in [-0.39, 0.29) is 54.5 Å². The molecule has 5 N–H and O–H groups in total. The van der Waals surface area contributed by atoms with Crippen molar-refractivity contribution in [3.05, 3.63) is 79.1 Å². The van der Waals surface area contributed by atoms with E-state index >= 15 is 0 Å². The van der Waals surface area contributed by atoms with Gasteiger partial charge in [-0.1, -0.05) is 12.1 Å². The fourth-order valence-electron chi connectivity index (χ4n) is 4.23. The summed E-state index contributed by atoms with van der Waals surface area (Å²) in [5.41, 5.74) is -1.15. The maximum atomic E-state index is 13.5. The minimum Gasteiger partial charge on any atom is -0.507 e. The number of nitrogens with zero attached hydrogens (tertiary/aromatic N) is 2. The Hall–Kier alpha value is -3.76. The highest BCUT2D eigenvalue weighted by molar-refractivity contribution is 5.58. The molecule has 0 aliphatic heterocycles. The molecule has 0 aliphatic rings. The molecule has 0 unspecified atom stereocenters. The first-order valence-electron chi connectivity index (χ1n) is 10.6. The van der Waals surface area contributed by atoms with Crippen molar-refractivity contribution >= 4 is 0 Å². The smallest absolute Gasteiger partial charge is 0.258 e. The predicted molar refractivity (Wildman–Crippen MR) is 124 cm³/mol. The first kappa shape index (κ1) is 24.9. The summed E-state index contributed by atoms with van der Waals surface area (Å²) in [5, 5.41) is 51.5. The number of ether oxygens (including phenoxy) is 1. The number of aromatic nitrogens is 2. The number of phenols is 1. The van der Waals surface area contributed by atoms with E-state index in [0.717, 1.165) is 0 Å². The highest BCUT2D eigenvalue weighted by atomic mass is 16.5. The van der Waals surface area contributed by atoms with Gasteiger partial charge in [0.25, 0.3) is 11.1 Å². The number of pyridine rings is 2. The molecule has 0 amide bonds. The second-order valence-electron chi connectivity index (χ2n) is 7.86. The van der Waals surface area contributed by atoms with Crippen LogP contribution in [0.15, 0.2) is 39.9 Å². The van der Waals surface area contributed by atoms with Crippen molar-refractivity contribution in [3.8, 4) is 23.0 Å². The molecule has 2 aromatic heterocycles. The lowest BCUT2D eigenvalue weighted by molar-refractivity contribution is 0.272. The minimum absolute atomic E-state index is 0.0398. The van der Waals surface area contributed by atoms with Gasteiger partial charge in [0.1, 0.15) is 11.5 Å². The van der Waals surface area contributed by atoms with Gasteiger partial charge >= 0.3 is 0 Å². The summed E-state index contributed by atoms with van der Waals surface area (Å²) in [6.07, 6.45) is 0. The van der Waals surface area contributed by atoms with Crippen LogP contribution < -0.4 is 15.9 Å². The lowest BCUT2D eigenvalue weighted by Gasteiger charge is -2.24. The number of hydrogen-bond acceptors (Lipinski definition) is 8. The van der Waals surface area contributed by atoms with Gasteiger partial charge in [-0.2, -0.15) is 0 Å². The van der Waals surface area contributed by atoms with E-state index in [1.165, 1.54) is 46.6 Å². The molecule has 0 bridgehead atoms. The minimum atomic E-state index is -1.40. The SMILES string of the molecule is COc1cccc(C(c2c(O)cc(C)n(CCO)c2=O)c2c(O)cc(C)n(CCO)c2=O)c1O. The van der Waals surface area contributed by atoms with Crippen LogP contribution in [0, 0.1) is 13.8 Å². The number of aliphatic hydroxyl groups excluding tert-OH is 2. The fourth-order valence-corrected chi connectivity index (χ4v) is 4.23. The van der Waals surface area contributed by atoms with Gasteiger partial charge in [-0.25, -0.2) is 0 Å². The Morgan fingerprint density at radius 2 is 1.32 bits per heavy atom. The molecular weight excluding hydrogens is 444 g/mol. The van der Waals surface area contributed by atoms with Crippen LogP contribution in [-0.2, 0) is 13.1 Å². The van der Waals surface area contributed by atoms with Gasteiger partial charge < -0.3 is 39.4 Å². The highest BCUT2D eigenvalue weighted by Gasteiger charge is 2.33. The van der Waals surface area contributed by atoms with Crippen LogP contribution >= 0.6 is 0 Å². The first-order chi connectivity index (χ1) is 16.2. The van der Waals surface area contributed by atoms with Crippen molar-refractivity contribution in [2.24, 2.45) is 0 Å². The molecular formula is C24H28N2O8. The van der Waals surface area contributed by atoms with E-state index in [1.54, 1.807) is 13.8 Å². The third-order valence-electron chi connectivity index (χ3n) is 5.83. The van der Waals surface area contributed by atoms with Crippen molar-refractivity contribution in [1.82, 2.24) is 9.13 Å². The number of aromatic hydroxyl groups is 3. The second-order valence-corrected chi connectivity index (χ2v) is 7.86. The molecule has 0 saturated carbocycles. The average Bonchev–Trinajstić information content (AvgIpc) is 2.78. The Labute approximate surface area is 195 Å². The first-order valence-corrected chi connectivity index (χ1v) is 10.6. The summed E-state index contributed by atoms with van der Waals surface area (Å²) in [6.45, 7) is 2.33. The molecule has 0 fully saturated rings. The molecule has 0 atom stereocenters. The number of aryl methyl sites for hydroxylation is 2. The van der Waals surface area contributed by atoms with E-state index in [0.29, 0.717) is 11.4 Å². The van der Waals surface area contributed by atoms with E-state index < -0.39 is 28.5 Å². The van der Waals surface area contributed by atoms with Gasteiger partial charge in [0.15, 0.2) is 11.5 Å². The van der Waals surface area contributed by atoms with Gasteiger partial charge in [-0.15, -0.1) is 0 Å². The van der Waals surface area contributed by atoms with Crippen molar-refractivity contribution in [1.29, 1.82) is 0 Å². The average molecular weight is 472 g/mol. The molecule has 0 aliphatic carbocycles. The molecule has 0 saturated heterocycles. The normalized spacial score (nSPS) is 11.2. The molecule has 3 rings (SSSR count). The third kappa shape index (κ3) is 4.25. The largest absolute Gasteiger partial charge is 0.507 e. The molecule has 0 spiro atoms. The van der Waals surface area contributed by atoms with Crippen LogP contribution in [0.1, 0.15) is 34.0 Å². The van der Waals surface area contributed by atoms with Gasteiger partial charge in [0.05, 0.1) is 37.4 Å². The summed E-state index contributed by atoms with van der Waals surface area (Å²) < 4.78 is 7.65. The van der Waals surface area contributed by atoms with Crippen molar-refractivity contribution in [2.45, 2.75) is 32.9 Å². The van der Waals surface area contributed by atoms with Crippen LogP contribution in [0.2, 0.25) is 0 Å². The van der Waals surface area contributed by atoms with Gasteiger partial charge in [0, 0.05) is 30.0 Å². The zero-order valence-corrected chi connectivity index (χ0v) is 19.1. The fraction of sp³-hybridized carbons (Fsp3) is 0.333. The Morgan fingerprint density at radius 3 is 1.74 bits per heavy atom. The number of rotatable bonds is 8. The molecule has 34 heavy (non-hydrogen) atoms. The third-order valence-corrected chi connectivity index (χ3v) is 5.83. The highest BCUT2D eigenvalue weighted by Crippen LogP contribution is 2.43. The lowest BCUT2D eigenvalue weighted by Crippen LogP contribution is -2.33. The van der Waals surface area contributed by atoms with Gasteiger partial charge in [-0.05, 0) is 32.0 Å². The van der Waals surface area contributed by atoms with Gasteiger partial charge in [-0.3, -0.25) is 9.59 Å². The quantitative estimate of drug-likeness (QED) is 0.324. The zero-order chi connectivity index (χ0) is 25.2. The number of benzene rings is 1. The van der Waals surface area contributed by atoms with Crippen molar-refractivity contribution in [2.75, 3.05) is 20.3 Å². The van der Waals surface area contributed by atoms with E-state index in [1.807, 2.05) is 0 Å². The van der Waals surface area contributed by atoms with Crippen molar-refractivity contribution < 1.29 is 30.3 Å². The number of methoxy groups -OCH3 is 1. The predicted octanol–water partition coefficient (Wildman–Crippen LogP) is 0.917. The molecule has 3 aromatic rings. The van der Waals surface area contributed by atoms with Gasteiger partial charge in [0.2, 0.25) is 0 Å². The summed E-state index contributed by atoms with van der Waals surface area (Å²) in [4.78, 5) is 27.0. The van der Waals surface area contributed by atoms with E-state index in [4.69, 9.17) is 4.74 Å². The second kappa shape index (κ2) is 10.0. The molecule has 182 valence electrons. The lowest BCUT2D eigenvalue weighted by atomic mass is 9.84. The van der Waals surface area contributed by atoms with Crippen LogP contribution in [0.4, 0.5) is 0 Å². The number of para-hydroxylation sites is 1. The summed E-state index contributed by atoms with van der Waals surface area (Å²) in [7, 11) is 1.34. The van der Waals surface area contributed by atoms with Crippen LogP contribution in [-0.4, -0.2) is 55.0 Å². The van der Waals surface area contributed by atoms with E-state index in [9.17, 15) is 35.1 Å². The Kier molecular flexibility index (Phi) is 7.33. The molecule has 2 heterocycles. The number of aliphatic hydroxyl groups is 2. The summed E-state index contributed by atoms with van der Waals surface area (Å²) in [6, 6.07) is 7.10. The Morgan fingerprint density at radius 1 is 0.853 bits per heavy atom. The molecule has 1 aromatic carbocycles. The van der Waals surface area contributed by atoms with Crippen LogP contribution in [0.25, 0.3) is 0 Å². The topological polar surface area (TPSA) is 154 Å². The summed E-state index contributed by atoms with van der Waals surface area (Å²) >= 11 is 0. The molecule has 0 radical (unpaired) electrons. The maximum absolute atomic E-state index is 13.5. The molecule has 10 heteroatoms. The number of phenolic OH excluding ortho intramolecular Hbond substituents is 1. The van der Waals surface area contributed by atoms with Crippen LogP contribution in [0.3, 0.4) is 0 Å². The Balaban J connectivity index is 2.51. The van der Waals surface area contributed by atoms with Crippen molar-refractivity contribution in [3.63, 3.8) is 0 Å². The standard InChI is InChI=1S/C24H28N2O8/c1-13-11-16(29)20(23(32)25(13)7-9-27)19(15-5-4-6-18(34-3)22(15)31)21-17(30)12-14(2)26(8-10-28)24(21)33/h4-6,11-12,19,27-31H,7-10H2,1-3H3.